The summed E-state index contributed by atoms with van der Waals surface area (Å²) in [6, 6.07) is -0.0261. The van der Waals surface area contributed by atoms with Crippen LogP contribution >= 0.6 is 11.3 Å². The van der Waals surface area contributed by atoms with Crippen molar-refractivity contribution in [3.05, 3.63) is 96.2 Å². The SMILES string of the molecule is COC(=O)OCOc1c2n(ccc1=O)N(C1C3=CC=CCC3=c3scc4c3=C3C1=CC=C(F)C3C(F)(F)C4)C1CC(F)(F)CCN1C2=O. The number of thiophene rings is 1. The standard InChI is InChI=1S/C33H26F5N3O6S/c1-45-31(44)47-15-46-28-21(42)8-10-40-27(28)30(43)39-11-9-32(35,36)13-22(39)41(40)26-17-4-2-3-5-18(17)29-23-16(14-48-29)12-33(37,38)25-20(34)7-6-19(26)24(23)25/h2-4,6-8,10,14,22,25-26H,5,9,11-13,15H2,1H3. The van der Waals surface area contributed by atoms with Crippen LogP contribution in [-0.4, -0.2) is 66.1 Å². The molecule has 2 aromatic heterocycles. The third-order valence-corrected chi connectivity index (χ3v) is 10.7. The molecule has 250 valence electrons. The van der Waals surface area contributed by atoms with E-state index in [1.165, 1.54) is 38.2 Å². The first kappa shape index (κ1) is 30.7. The largest absolute Gasteiger partial charge is 0.510 e. The normalized spacial score (nSPS) is 25.8. The number of hydrogen-bond donors (Lipinski definition) is 0. The number of hydrogen-bond acceptors (Lipinski definition) is 8. The molecule has 1 amide bonds. The van der Waals surface area contributed by atoms with Crippen molar-refractivity contribution in [1.82, 2.24) is 9.58 Å². The first-order valence-electron chi connectivity index (χ1n) is 15.1. The minimum atomic E-state index is -3.48. The van der Waals surface area contributed by atoms with Crippen molar-refractivity contribution < 1.29 is 45.8 Å². The number of rotatable bonds is 4. The lowest BCUT2D eigenvalue weighted by Crippen LogP contribution is -2.68. The van der Waals surface area contributed by atoms with Gasteiger partial charge >= 0.3 is 6.16 Å². The number of halogens is 5. The molecule has 2 aliphatic heterocycles. The van der Waals surface area contributed by atoms with Gasteiger partial charge in [0.15, 0.2) is 5.69 Å². The van der Waals surface area contributed by atoms with Gasteiger partial charge in [0.1, 0.15) is 17.9 Å². The van der Waals surface area contributed by atoms with Gasteiger partial charge in [0.05, 0.1) is 19.6 Å². The molecule has 0 radical (unpaired) electrons. The molecule has 6 aliphatic rings. The number of nitrogens with zero attached hydrogens (tertiary/aromatic N) is 3. The highest BCUT2D eigenvalue weighted by atomic mass is 32.1. The van der Waals surface area contributed by atoms with Crippen molar-refractivity contribution in [1.29, 1.82) is 0 Å². The van der Waals surface area contributed by atoms with Gasteiger partial charge < -0.3 is 19.1 Å². The molecule has 9 nitrogen and oxygen atoms in total. The molecule has 4 heterocycles. The zero-order valence-corrected chi connectivity index (χ0v) is 26.0. The topological polar surface area (TPSA) is 90.3 Å². The molecular formula is C33H26F5N3O6S. The summed E-state index contributed by atoms with van der Waals surface area (Å²) in [7, 11) is 1.07. The van der Waals surface area contributed by atoms with E-state index >= 15 is 22.0 Å². The maximum Gasteiger partial charge on any atom is 0.510 e. The number of aromatic nitrogens is 1. The Bertz CT molecular complexity index is 2110. The average molecular weight is 688 g/mol. The van der Waals surface area contributed by atoms with E-state index in [4.69, 9.17) is 9.47 Å². The Morgan fingerprint density at radius 2 is 1.94 bits per heavy atom. The molecule has 0 spiro atoms. The van der Waals surface area contributed by atoms with Crippen LogP contribution in [0.4, 0.5) is 26.7 Å². The molecule has 48 heavy (non-hydrogen) atoms. The van der Waals surface area contributed by atoms with Gasteiger partial charge in [-0.3, -0.25) is 19.3 Å². The molecule has 0 N–H and O–H groups in total. The van der Waals surface area contributed by atoms with Crippen LogP contribution in [-0.2, 0) is 15.9 Å². The van der Waals surface area contributed by atoms with Crippen molar-refractivity contribution in [2.75, 3.05) is 25.5 Å². The predicted molar refractivity (Wildman–Crippen MR) is 162 cm³/mol. The molecule has 2 aromatic rings. The van der Waals surface area contributed by atoms with Gasteiger partial charge in [-0.1, -0.05) is 24.3 Å². The molecule has 15 heteroatoms. The maximum absolute atomic E-state index is 15.9. The number of ether oxygens (including phenoxy) is 3. The average Bonchev–Trinajstić information content (AvgIpc) is 3.41. The number of carbonyl (C=O) groups excluding carboxylic acids is 2. The summed E-state index contributed by atoms with van der Waals surface area (Å²) in [6.07, 6.45) is 4.95. The summed E-state index contributed by atoms with van der Waals surface area (Å²) >= 11 is 1.28. The molecule has 1 saturated heterocycles. The summed E-state index contributed by atoms with van der Waals surface area (Å²) in [4.78, 5) is 40.0. The van der Waals surface area contributed by atoms with E-state index in [1.54, 1.807) is 17.5 Å². The number of carbonyl (C=O) groups is 2. The lowest BCUT2D eigenvalue weighted by molar-refractivity contribution is -0.0779. The Hall–Kier alpha value is -4.66. The minimum Gasteiger partial charge on any atom is -0.451 e. The van der Waals surface area contributed by atoms with Crippen molar-refractivity contribution in [2.45, 2.75) is 49.7 Å². The number of amides is 1. The Kier molecular flexibility index (Phi) is 6.82. The van der Waals surface area contributed by atoms with E-state index in [2.05, 4.69) is 4.74 Å². The van der Waals surface area contributed by atoms with Crippen molar-refractivity contribution in [3.8, 4) is 5.75 Å². The van der Waals surface area contributed by atoms with Crippen LogP contribution in [0.25, 0.3) is 11.1 Å². The molecule has 3 unspecified atom stereocenters. The van der Waals surface area contributed by atoms with Gasteiger partial charge in [-0.15, -0.1) is 11.3 Å². The first-order chi connectivity index (χ1) is 22.9. The van der Waals surface area contributed by atoms with Gasteiger partial charge in [0.25, 0.3) is 17.8 Å². The van der Waals surface area contributed by atoms with Crippen LogP contribution in [0.15, 0.2) is 69.8 Å². The van der Waals surface area contributed by atoms with Crippen LogP contribution in [0, 0.1) is 5.92 Å². The molecule has 3 atom stereocenters. The quantitative estimate of drug-likeness (QED) is 0.272. The smallest absolute Gasteiger partial charge is 0.451 e. The second-order valence-corrected chi connectivity index (χ2v) is 13.2. The summed E-state index contributed by atoms with van der Waals surface area (Å²) < 4.78 is 94.6. The number of piperidine rings is 1. The number of methoxy groups -OCH3 is 1. The van der Waals surface area contributed by atoms with Crippen LogP contribution in [0.1, 0.15) is 35.3 Å². The molecule has 8 rings (SSSR count). The van der Waals surface area contributed by atoms with Gasteiger partial charge in [-0.2, -0.15) is 0 Å². The highest BCUT2D eigenvalue weighted by Gasteiger charge is 2.56. The Morgan fingerprint density at radius 3 is 2.73 bits per heavy atom. The van der Waals surface area contributed by atoms with E-state index in [9.17, 15) is 14.4 Å². The number of fused-ring (bicyclic) bond motifs is 3. The minimum absolute atomic E-state index is 0.0712. The van der Waals surface area contributed by atoms with Gasteiger partial charge in [0, 0.05) is 41.4 Å². The molecule has 0 aromatic carbocycles. The van der Waals surface area contributed by atoms with Crippen LogP contribution < -0.4 is 24.9 Å². The van der Waals surface area contributed by atoms with E-state index in [0.29, 0.717) is 27.3 Å². The van der Waals surface area contributed by atoms with Crippen LogP contribution in [0.5, 0.6) is 5.75 Å². The zero-order chi connectivity index (χ0) is 33.7. The van der Waals surface area contributed by atoms with Crippen LogP contribution in [0.2, 0.25) is 0 Å². The Labute approximate surface area is 272 Å². The van der Waals surface area contributed by atoms with Crippen molar-refractivity contribution in [3.63, 3.8) is 0 Å². The number of pyridine rings is 1. The third-order valence-electron chi connectivity index (χ3n) is 9.65. The Balaban J connectivity index is 1.41. The second-order valence-electron chi connectivity index (χ2n) is 12.3. The third kappa shape index (κ3) is 4.42. The number of alkyl halides is 4. The number of allylic oxidation sites excluding steroid dienone is 6. The second kappa shape index (κ2) is 10.7. The molecule has 0 bridgehead atoms. The van der Waals surface area contributed by atoms with Gasteiger partial charge in [-0.05, 0) is 45.7 Å². The predicted octanol–water partition coefficient (Wildman–Crippen LogP) is 4.05. The molecular weight excluding hydrogens is 661 g/mol. The molecule has 0 saturated carbocycles. The highest BCUT2D eigenvalue weighted by molar-refractivity contribution is 7.08. The summed E-state index contributed by atoms with van der Waals surface area (Å²) in [5.41, 5.74) is 0.976. The zero-order valence-electron chi connectivity index (χ0n) is 25.2. The molecule has 1 fully saturated rings. The Morgan fingerprint density at radius 1 is 1.12 bits per heavy atom. The van der Waals surface area contributed by atoms with Crippen LogP contribution in [0.3, 0.4) is 0 Å². The lowest BCUT2D eigenvalue weighted by atomic mass is 9.73. The fourth-order valence-corrected chi connectivity index (χ4v) is 8.86. The fourth-order valence-electron chi connectivity index (χ4n) is 7.70. The molecule has 4 aliphatic carbocycles. The van der Waals surface area contributed by atoms with E-state index in [0.717, 1.165) is 24.8 Å². The summed E-state index contributed by atoms with van der Waals surface area (Å²) in [6.45, 7) is -1.20. The van der Waals surface area contributed by atoms with Gasteiger partial charge in [0.2, 0.25) is 18.0 Å². The fraction of sp³-hybridized carbons (Fsp3) is 0.364. The van der Waals surface area contributed by atoms with Crippen molar-refractivity contribution in [2.24, 2.45) is 5.92 Å². The summed E-state index contributed by atoms with van der Waals surface area (Å²) in [5.74, 6) is -10.9. The van der Waals surface area contributed by atoms with E-state index in [1.807, 2.05) is 6.08 Å². The van der Waals surface area contributed by atoms with E-state index < -0.39 is 91.6 Å². The highest BCUT2D eigenvalue weighted by Crippen LogP contribution is 2.51. The van der Waals surface area contributed by atoms with Gasteiger partial charge in [-0.25, -0.2) is 26.7 Å². The van der Waals surface area contributed by atoms with E-state index in [-0.39, 0.29) is 16.8 Å². The summed E-state index contributed by atoms with van der Waals surface area (Å²) in [5, 5.41) is 3.67. The first-order valence-corrected chi connectivity index (χ1v) is 16.0. The monoisotopic (exact) mass is 687 g/mol. The lowest BCUT2D eigenvalue weighted by Gasteiger charge is -2.54. The maximum atomic E-state index is 15.9. The van der Waals surface area contributed by atoms with Crippen molar-refractivity contribution >= 4 is 34.5 Å².